The van der Waals surface area contributed by atoms with Crippen molar-refractivity contribution in [3.63, 3.8) is 0 Å². The van der Waals surface area contributed by atoms with Gasteiger partial charge in [-0.05, 0) is 24.3 Å². The van der Waals surface area contributed by atoms with Gasteiger partial charge in [-0.25, -0.2) is 22.5 Å². The van der Waals surface area contributed by atoms with Crippen LogP contribution in [0, 0.1) is 5.82 Å². The Labute approximate surface area is 115 Å². The van der Waals surface area contributed by atoms with Crippen LogP contribution in [-0.2, 0) is 10.0 Å². The normalized spacial score (nSPS) is 11.2. The predicted octanol–water partition coefficient (Wildman–Crippen LogP) is 1.38. The van der Waals surface area contributed by atoms with Crippen LogP contribution in [0.2, 0.25) is 0 Å². The Morgan fingerprint density at radius 2 is 1.85 bits per heavy atom. The average molecular weight is 294 g/mol. The van der Waals surface area contributed by atoms with Gasteiger partial charge in [0.1, 0.15) is 5.69 Å². The lowest BCUT2D eigenvalue weighted by molar-refractivity contribution is 0.0988. The highest BCUT2D eigenvalue weighted by Crippen LogP contribution is 2.08. The van der Waals surface area contributed by atoms with E-state index in [1.807, 2.05) is 0 Å². The molecule has 0 saturated heterocycles. The van der Waals surface area contributed by atoms with E-state index in [9.17, 15) is 17.6 Å². The van der Waals surface area contributed by atoms with Gasteiger partial charge < -0.3 is 0 Å². The first-order chi connectivity index (χ1) is 9.50. The van der Waals surface area contributed by atoms with Crippen LogP contribution in [0.15, 0.2) is 53.6 Å². The highest BCUT2D eigenvalue weighted by atomic mass is 32.2. The zero-order valence-electron chi connectivity index (χ0n) is 10.3. The van der Waals surface area contributed by atoms with Crippen LogP contribution in [0.3, 0.4) is 0 Å². The number of sulfonamides is 1. The van der Waals surface area contributed by atoms with Gasteiger partial charge in [-0.15, -0.1) is 0 Å². The van der Waals surface area contributed by atoms with Gasteiger partial charge in [0, 0.05) is 6.20 Å². The second kappa shape index (κ2) is 5.89. The number of benzene rings is 1. The van der Waals surface area contributed by atoms with E-state index in [2.05, 4.69) is 9.71 Å². The van der Waals surface area contributed by atoms with Crippen LogP contribution in [0.1, 0.15) is 10.5 Å². The number of carbonyl (C=O) groups is 1. The Kier molecular flexibility index (Phi) is 4.21. The summed E-state index contributed by atoms with van der Waals surface area (Å²) in [6, 6.07) is 10.0. The Balaban J connectivity index is 2.10. The number of hydrogen-bond donors (Lipinski definition) is 1. The molecule has 0 radical (unpaired) electrons. The van der Waals surface area contributed by atoms with E-state index in [1.165, 1.54) is 24.4 Å². The molecule has 0 fully saturated rings. The minimum Gasteiger partial charge on any atom is -0.291 e. The number of nitrogens with zero attached hydrogens (tertiary/aromatic N) is 1. The lowest BCUT2D eigenvalue weighted by atomic mass is 10.2. The number of hydrogen-bond acceptors (Lipinski definition) is 4. The number of pyridine rings is 1. The number of halogens is 1. The van der Waals surface area contributed by atoms with Gasteiger partial charge in [-0.3, -0.25) is 4.79 Å². The zero-order valence-corrected chi connectivity index (χ0v) is 11.1. The van der Waals surface area contributed by atoms with Crippen LogP contribution in [0.25, 0.3) is 0 Å². The molecule has 0 aliphatic rings. The molecule has 1 aromatic heterocycles. The van der Waals surface area contributed by atoms with Crippen molar-refractivity contribution in [1.29, 1.82) is 0 Å². The van der Waals surface area contributed by atoms with Crippen LogP contribution < -0.4 is 4.72 Å². The molecule has 0 saturated carbocycles. The molecule has 1 heterocycles. The van der Waals surface area contributed by atoms with Crippen molar-refractivity contribution < 1.29 is 17.6 Å². The molecule has 0 aliphatic carbocycles. The summed E-state index contributed by atoms with van der Waals surface area (Å²) < 4.78 is 39.2. The Hall–Kier alpha value is -2.12. The van der Waals surface area contributed by atoms with E-state index in [-0.39, 0.29) is 10.6 Å². The molecule has 0 amide bonds. The van der Waals surface area contributed by atoms with Crippen LogP contribution in [0.4, 0.5) is 4.39 Å². The minimum atomic E-state index is -3.80. The minimum absolute atomic E-state index is 0.0364. The van der Waals surface area contributed by atoms with Crippen molar-refractivity contribution in [3.8, 4) is 0 Å². The molecule has 104 valence electrons. The number of nitrogens with one attached hydrogen (secondary N) is 1. The topological polar surface area (TPSA) is 76.1 Å². The van der Waals surface area contributed by atoms with Gasteiger partial charge in [-0.2, -0.15) is 0 Å². The van der Waals surface area contributed by atoms with Crippen LogP contribution in [-0.4, -0.2) is 25.7 Å². The van der Waals surface area contributed by atoms with Crippen molar-refractivity contribution >= 4 is 15.8 Å². The molecule has 0 aliphatic heterocycles. The molecule has 0 atom stereocenters. The van der Waals surface area contributed by atoms with Gasteiger partial charge in [-0.1, -0.05) is 18.2 Å². The second-order valence-corrected chi connectivity index (χ2v) is 5.66. The van der Waals surface area contributed by atoms with E-state index in [4.69, 9.17) is 0 Å². The molecular weight excluding hydrogens is 283 g/mol. The predicted molar refractivity (Wildman–Crippen MR) is 70.2 cm³/mol. The maximum absolute atomic E-state index is 13.3. The molecule has 0 spiro atoms. The molecule has 1 N–H and O–H groups in total. The fourth-order valence-corrected chi connectivity index (χ4v) is 2.52. The third-order valence-electron chi connectivity index (χ3n) is 2.50. The summed E-state index contributed by atoms with van der Waals surface area (Å²) in [5.41, 5.74) is -0.386. The smallest absolute Gasteiger partial charge is 0.240 e. The summed E-state index contributed by atoms with van der Waals surface area (Å²) >= 11 is 0. The first-order valence-corrected chi connectivity index (χ1v) is 7.17. The van der Waals surface area contributed by atoms with Crippen molar-refractivity contribution in [1.82, 2.24) is 9.71 Å². The highest BCUT2D eigenvalue weighted by Gasteiger charge is 2.18. The Bertz CT molecular complexity index is 717. The van der Waals surface area contributed by atoms with Crippen molar-refractivity contribution in [2.75, 3.05) is 6.54 Å². The molecule has 2 aromatic rings. The van der Waals surface area contributed by atoms with Gasteiger partial charge in [0.05, 0.1) is 11.4 Å². The SMILES string of the molecule is O=C(CNS(=O)(=O)c1ccccc1)c1ncccc1F. The second-order valence-electron chi connectivity index (χ2n) is 3.89. The molecule has 7 heteroatoms. The maximum Gasteiger partial charge on any atom is 0.240 e. The largest absolute Gasteiger partial charge is 0.291 e. The van der Waals surface area contributed by atoms with Crippen molar-refractivity contribution in [3.05, 3.63) is 60.2 Å². The highest BCUT2D eigenvalue weighted by molar-refractivity contribution is 7.89. The summed E-state index contributed by atoms with van der Waals surface area (Å²) in [5.74, 6) is -1.51. The van der Waals surface area contributed by atoms with E-state index in [0.717, 1.165) is 6.07 Å². The first kappa shape index (κ1) is 14.3. The standard InChI is InChI=1S/C13H11FN2O3S/c14-11-7-4-8-15-13(11)12(17)9-16-20(18,19)10-5-2-1-3-6-10/h1-8,16H,9H2. The average Bonchev–Trinajstić information content (AvgIpc) is 2.46. The lowest BCUT2D eigenvalue weighted by Gasteiger charge is -2.06. The molecule has 0 unspecified atom stereocenters. The summed E-state index contributed by atoms with van der Waals surface area (Å²) in [7, 11) is -3.80. The number of carbonyl (C=O) groups excluding carboxylic acids is 1. The Morgan fingerprint density at radius 1 is 1.15 bits per heavy atom. The number of rotatable bonds is 5. The van der Waals surface area contributed by atoms with Crippen LogP contribution >= 0.6 is 0 Å². The van der Waals surface area contributed by atoms with Crippen LogP contribution in [0.5, 0.6) is 0 Å². The summed E-state index contributed by atoms with van der Waals surface area (Å²) in [4.78, 5) is 15.3. The van der Waals surface area contributed by atoms with E-state index < -0.39 is 28.2 Å². The summed E-state index contributed by atoms with van der Waals surface area (Å²) in [6.07, 6.45) is 1.27. The van der Waals surface area contributed by atoms with Gasteiger partial charge >= 0.3 is 0 Å². The van der Waals surface area contributed by atoms with Crippen molar-refractivity contribution in [2.24, 2.45) is 0 Å². The Morgan fingerprint density at radius 3 is 2.50 bits per heavy atom. The van der Waals surface area contributed by atoms with Gasteiger partial charge in [0.2, 0.25) is 10.0 Å². The van der Waals surface area contributed by atoms with Gasteiger partial charge in [0.25, 0.3) is 0 Å². The monoisotopic (exact) mass is 294 g/mol. The molecule has 20 heavy (non-hydrogen) atoms. The van der Waals surface area contributed by atoms with E-state index in [1.54, 1.807) is 18.2 Å². The van der Waals surface area contributed by atoms with Gasteiger partial charge in [0.15, 0.2) is 11.6 Å². The molecule has 0 bridgehead atoms. The zero-order chi connectivity index (χ0) is 14.6. The number of aromatic nitrogens is 1. The summed E-state index contributed by atoms with van der Waals surface area (Å²) in [5, 5.41) is 0. The summed E-state index contributed by atoms with van der Waals surface area (Å²) in [6.45, 7) is -0.550. The molecule has 1 aromatic carbocycles. The quantitative estimate of drug-likeness (QED) is 0.845. The molecular formula is C13H11FN2O3S. The third-order valence-corrected chi connectivity index (χ3v) is 3.92. The fraction of sp³-hybridized carbons (Fsp3) is 0.0769. The fourth-order valence-electron chi connectivity index (χ4n) is 1.52. The van der Waals surface area contributed by atoms with E-state index >= 15 is 0 Å². The van der Waals surface area contributed by atoms with Crippen molar-refractivity contribution in [2.45, 2.75) is 4.90 Å². The third kappa shape index (κ3) is 3.25. The number of ketones is 1. The maximum atomic E-state index is 13.3. The molecule has 5 nitrogen and oxygen atoms in total. The number of Topliss-reactive ketones (excluding diaryl/α,β-unsaturated/α-hetero) is 1. The lowest BCUT2D eigenvalue weighted by Crippen LogP contribution is -2.30. The van der Waals surface area contributed by atoms with E-state index in [0.29, 0.717) is 0 Å². The first-order valence-electron chi connectivity index (χ1n) is 5.69. The molecule has 2 rings (SSSR count).